The van der Waals surface area contributed by atoms with Crippen molar-refractivity contribution in [3.05, 3.63) is 29.8 Å². The average Bonchev–Trinajstić information content (AvgIpc) is 3.11. The first kappa shape index (κ1) is 15.9. The molecular formula is C12H16F2IN3O. The van der Waals surface area contributed by atoms with Crippen molar-refractivity contribution in [2.75, 3.05) is 0 Å². The Hall–Kier alpha value is -1.12. The van der Waals surface area contributed by atoms with Crippen LogP contribution in [0.4, 0.5) is 8.78 Å². The van der Waals surface area contributed by atoms with Crippen molar-refractivity contribution in [3.8, 4) is 5.75 Å². The van der Waals surface area contributed by atoms with E-state index in [2.05, 4.69) is 15.0 Å². The van der Waals surface area contributed by atoms with Crippen LogP contribution in [0, 0.1) is 0 Å². The predicted molar refractivity (Wildman–Crippen MR) is 80.0 cm³/mol. The number of hydrogen-bond donors (Lipinski definition) is 2. The van der Waals surface area contributed by atoms with Crippen molar-refractivity contribution in [1.29, 1.82) is 0 Å². The lowest BCUT2D eigenvalue weighted by Crippen LogP contribution is -2.33. The lowest BCUT2D eigenvalue weighted by molar-refractivity contribution is -0.0504. The maximum absolute atomic E-state index is 12.2. The quantitative estimate of drug-likeness (QED) is 0.467. The zero-order valence-corrected chi connectivity index (χ0v) is 12.5. The fraction of sp³-hybridized carbons (Fsp3) is 0.417. The Morgan fingerprint density at radius 2 is 2.11 bits per heavy atom. The van der Waals surface area contributed by atoms with Gasteiger partial charge in [0.1, 0.15) is 5.75 Å². The van der Waals surface area contributed by atoms with E-state index in [1.165, 1.54) is 6.07 Å². The smallest absolute Gasteiger partial charge is 0.387 e. The van der Waals surface area contributed by atoms with E-state index < -0.39 is 6.61 Å². The molecule has 1 aromatic carbocycles. The van der Waals surface area contributed by atoms with Crippen LogP contribution in [0.15, 0.2) is 29.3 Å². The normalized spacial score (nSPS) is 15.0. The molecule has 4 nitrogen and oxygen atoms in total. The predicted octanol–water partition coefficient (Wildman–Crippen LogP) is 2.47. The minimum Gasteiger partial charge on any atom is -0.434 e. The van der Waals surface area contributed by atoms with Gasteiger partial charge in [0.25, 0.3) is 0 Å². The van der Waals surface area contributed by atoms with E-state index >= 15 is 0 Å². The number of guanidine groups is 1. The van der Waals surface area contributed by atoms with Gasteiger partial charge in [-0.05, 0) is 18.9 Å². The van der Waals surface area contributed by atoms with Crippen LogP contribution in [0.3, 0.4) is 0 Å². The van der Waals surface area contributed by atoms with Crippen molar-refractivity contribution >= 4 is 29.9 Å². The molecule has 106 valence electrons. The maximum Gasteiger partial charge on any atom is 0.387 e. The molecule has 0 unspecified atom stereocenters. The van der Waals surface area contributed by atoms with Gasteiger partial charge in [-0.2, -0.15) is 8.78 Å². The molecule has 1 saturated carbocycles. The molecule has 0 spiro atoms. The van der Waals surface area contributed by atoms with Crippen LogP contribution in [0.1, 0.15) is 18.4 Å². The highest BCUT2D eigenvalue weighted by molar-refractivity contribution is 14.0. The van der Waals surface area contributed by atoms with E-state index in [0.717, 1.165) is 12.8 Å². The number of aliphatic imine (C=N–C) groups is 1. The van der Waals surface area contributed by atoms with E-state index in [0.29, 0.717) is 17.6 Å². The zero-order chi connectivity index (χ0) is 13.0. The van der Waals surface area contributed by atoms with Gasteiger partial charge >= 0.3 is 6.61 Å². The topological polar surface area (TPSA) is 59.6 Å². The Balaban J connectivity index is 0.00000180. The summed E-state index contributed by atoms with van der Waals surface area (Å²) in [5.74, 6) is 0.472. The maximum atomic E-state index is 12.2. The number of alkyl halides is 2. The van der Waals surface area contributed by atoms with Gasteiger partial charge in [0.05, 0.1) is 6.54 Å². The Morgan fingerprint density at radius 1 is 1.42 bits per heavy atom. The van der Waals surface area contributed by atoms with Crippen molar-refractivity contribution < 1.29 is 13.5 Å². The number of para-hydroxylation sites is 1. The molecule has 19 heavy (non-hydrogen) atoms. The summed E-state index contributed by atoms with van der Waals surface area (Å²) in [4.78, 5) is 4.10. The van der Waals surface area contributed by atoms with E-state index in [-0.39, 0.29) is 36.3 Å². The first-order valence-corrected chi connectivity index (χ1v) is 5.74. The Bertz CT molecular complexity index is 439. The molecule has 0 aliphatic heterocycles. The van der Waals surface area contributed by atoms with Crippen LogP contribution < -0.4 is 15.8 Å². The lowest BCUT2D eigenvalue weighted by atomic mass is 10.2. The standard InChI is InChI=1S/C12H15F2N3O.HI/c13-11(14)18-10-4-2-1-3-8(10)7-16-12(15)17-9-5-6-9;/h1-4,9,11H,5-7H2,(H3,15,16,17);1H. The average molecular weight is 383 g/mol. The summed E-state index contributed by atoms with van der Waals surface area (Å²) < 4.78 is 28.8. The summed E-state index contributed by atoms with van der Waals surface area (Å²) in [7, 11) is 0. The summed E-state index contributed by atoms with van der Waals surface area (Å²) in [6.45, 7) is -2.62. The van der Waals surface area contributed by atoms with E-state index in [9.17, 15) is 8.78 Å². The van der Waals surface area contributed by atoms with Crippen molar-refractivity contribution in [3.63, 3.8) is 0 Å². The second-order valence-electron chi connectivity index (χ2n) is 4.11. The highest BCUT2D eigenvalue weighted by Gasteiger charge is 2.21. The van der Waals surface area contributed by atoms with Gasteiger partial charge in [-0.25, -0.2) is 4.99 Å². The first-order chi connectivity index (χ1) is 8.65. The summed E-state index contributed by atoms with van der Waals surface area (Å²) in [5, 5.41) is 3.02. The molecule has 1 aliphatic carbocycles. The molecule has 0 heterocycles. The van der Waals surface area contributed by atoms with Crippen LogP contribution in [-0.2, 0) is 6.54 Å². The van der Waals surface area contributed by atoms with Crippen LogP contribution in [0.25, 0.3) is 0 Å². The van der Waals surface area contributed by atoms with Crippen LogP contribution in [-0.4, -0.2) is 18.6 Å². The van der Waals surface area contributed by atoms with Gasteiger partial charge < -0.3 is 15.8 Å². The molecular weight excluding hydrogens is 367 g/mol. The van der Waals surface area contributed by atoms with Crippen molar-refractivity contribution in [2.24, 2.45) is 10.7 Å². The van der Waals surface area contributed by atoms with Crippen molar-refractivity contribution in [1.82, 2.24) is 5.32 Å². The minimum absolute atomic E-state index is 0. The number of benzene rings is 1. The van der Waals surface area contributed by atoms with Gasteiger partial charge in [-0.1, -0.05) is 18.2 Å². The molecule has 3 N–H and O–H groups in total. The molecule has 0 aromatic heterocycles. The summed E-state index contributed by atoms with van der Waals surface area (Å²) in [6.07, 6.45) is 2.20. The third kappa shape index (κ3) is 5.58. The largest absolute Gasteiger partial charge is 0.434 e. The molecule has 0 saturated heterocycles. The monoisotopic (exact) mass is 383 g/mol. The van der Waals surface area contributed by atoms with Crippen LogP contribution >= 0.6 is 24.0 Å². The Morgan fingerprint density at radius 3 is 2.74 bits per heavy atom. The molecule has 0 radical (unpaired) electrons. The highest BCUT2D eigenvalue weighted by Crippen LogP contribution is 2.21. The summed E-state index contributed by atoms with van der Waals surface area (Å²) in [5.41, 5.74) is 6.25. The summed E-state index contributed by atoms with van der Waals surface area (Å²) >= 11 is 0. The first-order valence-electron chi connectivity index (χ1n) is 5.74. The minimum atomic E-state index is -2.84. The molecule has 0 atom stereocenters. The molecule has 7 heteroatoms. The fourth-order valence-corrected chi connectivity index (χ4v) is 1.50. The van der Waals surface area contributed by atoms with Gasteiger partial charge in [-0.15, -0.1) is 24.0 Å². The number of ether oxygens (including phenoxy) is 1. The third-order valence-corrected chi connectivity index (χ3v) is 2.54. The van der Waals surface area contributed by atoms with Crippen LogP contribution in [0.2, 0.25) is 0 Å². The van der Waals surface area contributed by atoms with Crippen molar-refractivity contribution in [2.45, 2.75) is 32.0 Å². The van der Waals surface area contributed by atoms with E-state index in [4.69, 9.17) is 5.73 Å². The molecule has 1 aliphatic rings. The van der Waals surface area contributed by atoms with E-state index in [1.807, 2.05) is 0 Å². The molecule has 2 rings (SSSR count). The third-order valence-electron chi connectivity index (χ3n) is 2.54. The number of halogens is 3. The lowest BCUT2D eigenvalue weighted by Gasteiger charge is -2.09. The number of nitrogens with one attached hydrogen (secondary N) is 1. The molecule has 1 aromatic rings. The number of nitrogens with two attached hydrogens (primary N) is 1. The zero-order valence-electron chi connectivity index (χ0n) is 10.2. The van der Waals surface area contributed by atoms with Gasteiger partial charge in [0.15, 0.2) is 5.96 Å². The molecule has 0 bridgehead atoms. The number of nitrogens with zero attached hydrogens (tertiary/aromatic N) is 1. The number of rotatable bonds is 5. The fourth-order valence-electron chi connectivity index (χ4n) is 1.50. The summed E-state index contributed by atoms with van der Waals surface area (Å²) in [6, 6.07) is 6.97. The van der Waals surface area contributed by atoms with Gasteiger partial charge in [-0.3, -0.25) is 0 Å². The number of hydrogen-bond acceptors (Lipinski definition) is 2. The van der Waals surface area contributed by atoms with E-state index in [1.54, 1.807) is 18.2 Å². The van der Waals surface area contributed by atoms with Gasteiger partial charge in [0, 0.05) is 11.6 Å². The highest BCUT2D eigenvalue weighted by atomic mass is 127. The molecule has 1 fully saturated rings. The Labute approximate surface area is 127 Å². The second-order valence-corrected chi connectivity index (χ2v) is 4.11. The second kappa shape index (κ2) is 7.46. The Kier molecular flexibility index (Phi) is 6.26. The van der Waals surface area contributed by atoms with Gasteiger partial charge in [0.2, 0.25) is 0 Å². The SMILES string of the molecule is I.NC(=NCc1ccccc1OC(F)F)NC1CC1. The van der Waals surface area contributed by atoms with Crippen LogP contribution in [0.5, 0.6) is 5.75 Å². The molecule has 0 amide bonds.